The van der Waals surface area contributed by atoms with Crippen molar-refractivity contribution in [2.45, 2.75) is 35.8 Å². The molecule has 2 aromatic rings. The molecule has 1 aromatic carbocycles. The maximum atomic E-state index is 12.3. The molecule has 0 radical (unpaired) electrons. The molecule has 3 unspecified atom stereocenters. The number of nitrogens with zero attached hydrogens (tertiary/aromatic N) is 4. The van der Waals surface area contributed by atoms with Crippen LogP contribution in [-0.2, 0) is 16.0 Å². The number of amides is 1. The number of fused-ring (bicyclic) bond motifs is 1. The summed E-state index contributed by atoms with van der Waals surface area (Å²) in [6, 6.07) is 11.6. The third kappa shape index (κ3) is 4.15. The van der Waals surface area contributed by atoms with E-state index in [1.54, 1.807) is 0 Å². The van der Waals surface area contributed by atoms with Crippen molar-refractivity contribution < 1.29 is 9.53 Å². The monoisotopic (exact) mass is 448 g/mol. The molecule has 2 saturated heterocycles. The van der Waals surface area contributed by atoms with E-state index in [1.165, 1.54) is 0 Å². The van der Waals surface area contributed by atoms with E-state index >= 15 is 0 Å². The molecule has 4 rings (SSSR count). The van der Waals surface area contributed by atoms with Gasteiger partial charge in [-0.05, 0) is 17.5 Å². The lowest BCUT2D eigenvalue weighted by molar-refractivity contribution is -0.117. The molecule has 0 aliphatic carbocycles. The number of nitrogens with one attached hydrogen (secondary N) is 1. The van der Waals surface area contributed by atoms with Gasteiger partial charge in [0.1, 0.15) is 22.2 Å². The second-order valence-corrected chi connectivity index (χ2v) is 8.80. The van der Waals surface area contributed by atoms with Crippen LogP contribution in [0.15, 0.2) is 35.4 Å². The Morgan fingerprint density at radius 1 is 1.47 bits per heavy atom. The number of morpholine rings is 1. The molecule has 8 nitrogen and oxygen atoms in total. The number of carbonyl (C=O) groups excluding carboxylic acids is 1. The average molecular weight is 449 g/mol. The molecule has 3 heterocycles. The van der Waals surface area contributed by atoms with Crippen LogP contribution in [0.5, 0.6) is 0 Å². The highest BCUT2D eigenvalue weighted by molar-refractivity contribution is 8.00. The van der Waals surface area contributed by atoms with E-state index in [0.29, 0.717) is 53.8 Å². The van der Waals surface area contributed by atoms with Gasteiger partial charge < -0.3 is 20.7 Å². The molecule has 164 valence electrons. The minimum atomic E-state index is -0.696. The van der Waals surface area contributed by atoms with Gasteiger partial charge in [-0.2, -0.15) is 5.26 Å². The van der Waals surface area contributed by atoms with Gasteiger partial charge in [0.15, 0.2) is 0 Å². The quantitative estimate of drug-likeness (QED) is 0.516. The molecule has 2 fully saturated rings. The van der Waals surface area contributed by atoms with E-state index in [0.717, 1.165) is 23.9 Å². The van der Waals surface area contributed by atoms with Gasteiger partial charge in [0.25, 0.3) is 0 Å². The Bertz CT molecular complexity index is 1080. The van der Waals surface area contributed by atoms with Crippen LogP contribution in [-0.4, -0.2) is 49.3 Å². The topological polar surface area (TPSA) is 109 Å². The van der Waals surface area contributed by atoms with Gasteiger partial charge in [-0.3, -0.25) is 4.79 Å². The summed E-state index contributed by atoms with van der Waals surface area (Å²) < 4.78 is 5.88. The number of primary amides is 1. The van der Waals surface area contributed by atoms with Gasteiger partial charge in [-0.15, -0.1) is 0 Å². The molecule has 3 atom stereocenters. The largest absolute Gasteiger partial charge is 0.373 e. The third-order valence-electron chi connectivity index (χ3n) is 5.79. The van der Waals surface area contributed by atoms with Crippen LogP contribution in [0.3, 0.4) is 0 Å². The number of carbonyl (C=O) groups is 1. The third-order valence-corrected chi connectivity index (χ3v) is 7.05. The summed E-state index contributed by atoms with van der Waals surface area (Å²) in [5.74, 6) is 0.0277. The lowest BCUT2D eigenvalue weighted by Crippen LogP contribution is -2.47. The fourth-order valence-electron chi connectivity index (χ4n) is 4.27. The van der Waals surface area contributed by atoms with Gasteiger partial charge in [-0.25, -0.2) is 9.83 Å². The van der Waals surface area contributed by atoms with E-state index in [4.69, 9.17) is 22.0 Å². The Morgan fingerprint density at radius 3 is 2.88 bits per heavy atom. The summed E-state index contributed by atoms with van der Waals surface area (Å²) in [5.41, 5.74) is 7.84. The zero-order valence-electron chi connectivity index (χ0n) is 17.7. The molecule has 3 N–H and O–H groups in total. The molecular formula is C23H24N6O2S. The number of benzene rings is 1. The molecule has 0 bridgehead atoms. The van der Waals surface area contributed by atoms with Crippen LogP contribution in [0, 0.1) is 17.9 Å². The van der Waals surface area contributed by atoms with Crippen molar-refractivity contribution >= 4 is 29.2 Å². The number of nitrogens with two attached hydrogens (primary N) is 1. The first kappa shape index (κ1) is 22.1. The zero-order valence-corrected chi connectivity index (χ0v) is 18.6. The maximum absolute atomic E-state index is 12.3. The van der Waals surface area contributed by atoms with Gasteiger partial charge in [-0.1, -0.05) is 49.0 Å². The van der Waals surface area contributed by atoms with E-state index in [-0.39, 0.29) is 12.1 Å². The summed E-state index contributed by atoms with van der Waals surface area (Å²) in [6.45, 7) is 12.5. The zero-order chi connectivity index (χ0) is 22.7. The first-order valence-corrected chi connectivity index (χ1v) is 11.4. The summed E-state index contributed by atoms with van der Waals surface area (Å²) in [5, 5.41) is 13.1. The van der Waals surface area contributed by atoms with Gasteiger partial charge in [0.05, 0.1) is 30.9 Å². The average Bonchev–Trinajstić information content (AvgIpc) is 3.25. The minimum absolute atomic E-state index is 0.0312. The molecule has 9 heteroatoms. The number of ether oxygens (including phenoxy) is 1. The van der Waals surface area contributed by atoms with Crippen molar-refractivity contribution in [1.82, 2.24) is 10.3 Å². The fraction of sp³-hybridized carbons (Fsp3) is 0.391. The first-order valence-electron chi connectivity index (χ1n) is 10.5. The Balaban J connectivity index is 1.78. The minimum Gasteiger partial charge on any atom is -0.373 e. The summed E-state index contributed by atoms with van der Waals surface area (Å²) in [6.07, 6.45) is 0.537. The number of hydrogen-bond acceptors (Lipinski definition) is 7. The lowest BCUT2D eigenvalue weighted by atomic mass is 10.1. The highest BCUT2D eigenvalue weighted by atomic mass is 32.2. The molecule has 0 spiro atoms. The number of hydrogen-bond donors (Lipinski definition) is 2. The van der Waals surface area contributed by atoms with Crippen molar-refractivity contribution in [2.24, 2.45) is 5.73 Å². The number of thioether (sulfide) groups is 1. The Hall–Kier alpha value is -3.11. The molecule has 1 aromatic heterocycles. The van der Waals surface area contributed by atoms with Gasteiger partial charge in [0, 0.05) is 19.6 Å². The highest BCUT2D eigenvalue weighted by Gasteiger charge is 2.38. The van der Waals surface area contributed by atoms with Crippen molar-refractivity contribution in [2.75, 3.05) is 31.1 Å². The number of nitriles is 1. The Labute approximate surface area is 191 Å². The Morgan fingerprint density at radius 2 is 2.25 bits per heavy atom. The van der Waals surface area contributed by atoms with Gasteiger partial charge in [0.2, 0.25) is 11.6 Å². The van der Waals surface area contributed by atoms with E-state index in [9.17, 15) is 10.1 Å². The van der Waals surface area contributed by atoms with E-state index < -0.39 is 11.2 Å². The van der Waals surface area contributed by atoms with Crippen LogP contribution in [0.4, 0.5) is 11.5 Å². The standard InChI is InChI=1S/C23H24N6O2S/c1-3-15-16(11-24)23(32-20(21(25)30)14-7-5-4-6-8-14)28-22(19(15)26-2)29-12-17-18(13-29)31-10-9-27-17/h4-8,17-18,20,27H,3,9-10,12-13H2,1H3,(H2,25,30). The lowest BCUT2D eigenvalue weighted by Gasteiger charge is -2.25. The smallest absolute Gasteiger partial charge is 0.235 e. The summed E-state index contributed by atoms with van der Waals surface area (Å²) in [4.78, 5) is 22.9. The molecule has 32 heavy (non-hydrogen) atoms. The van der Waals surface area contributed by atoms with E-state index in [1.807, 2.05) is 42.2 Å². The first-order chi connectivity index (χ1) is 15.6. The number of anilines is 1. The number of rotatable bonds is 6. The SMILES string of the molecule is [C-]#[N+]c1c(N2CC3NCCOC3C2)nc(SC(C(N)=O)c2ccccc2)c(C#N)c1CC. The van der Waals surface area contributed by atoms with Crippen LogP contribution in [0.1, 0.15) is 28.9 Å². The second kappa shape index (κ2) is 9.58. The number of pyridine rings is 1. The summed E-state index contributed by atoms with van der Waals surface area (Å²) in [7, 11) is 0. The molecule has 2 aliphatic rings. The molecule has 1 amide bonds. The van der Waals surface area contributed by atoms with Crippen molar-refractivity contribution in [3.8, 4) is 6.07 Å². The van der Waals surface area contributed by atoms with Crippen molar-refractivity contribution in [3.63, 3.8) is 0 Å². The van der Waals surface area contributed by atoms with Crippen LogP contribution in [0.2, 0.25) is 0 Å². The second-order valence-electron chi connectivity index (χ2n) is 7.71. The maximum Gasteiger partial charge on any atom is 0.235 e. The van der Waals surface area contributed by atoms with Gasteiger partial charge >= 0.3 is 0 Å². The fourth-order valence-corrected chi connectivity index (χ4v) is 5.32. The van der Waals surface area contributed by atoms with E-state index in [2.05, 4.69) is 16.2 Å². The summed E-state index contributed by atoms with van der Waals surface area (Å²) >= 11 is 1.16. The molecule has 2 aliphatic heterocycles. The normalized spacial score (nSPS) is 20.8. The van der Waals surface area contributed by atoms with Crippen molar-refractivity contribution in [1.29, 1.82) is 5.26 Å². The van der Waals surface area contributed by atoms with Crippen molar-refractivity contribution in [3.05, 3.63) is 58.4 Å². The molecular weight excluding hydrogens is 424 g/mol. The predicted octanol–water partition coefficient (Wildman–Crippen LogP) is 2.56. The Kier molecular flexibility index (Phi) is 6.61. The molecule has 0 saturated carbocycles. The van der Waals surface area contributed by atoms with Crippen LogP contribution in [0.25, 0.3) is 4.85 Å². The highest BCUT2D eigenvalue weighted by Crippen LogP contribution is 2.43. The van der Waals surface area contributed by atoms with Crippen LogP contribution < -0.4 is 16.0 Å². The number of aromatic nitrogens is 1. The predicted molar refractivity (Wildman–Crippen MR) is 123 cm³/mol. The van der Waals surface area contributed by atoms with Crippen LogP contribution >= 0.6 is 11.8 Å².